The van der Waals surface area contributed by atoms with E-state index in [9.17, 15) is 14.3 Å². The normalized spacial score (nSPS) is 42.7. The zero-order chi connectivity index (χ0) is 21.2. The second-order valence-corrected chi connectivity index (χ2v) is 12.7. The molecule has 0 aromatic carbocycles. The van der Waals surface area contributed by atoms with E-state index in [1.54, 1.807) is 0 Å². The topological polar surface area (TPSA) is 57.6 Å². The van der Waals surface area contributed by atoms with E-state index in [1.807, 2.05) is 6.08 Å². The fourth-order valence-corrected chi connectivity index (χ4v) is 8.27. The standard InChI is InChI=1S/C24H38NO3P/c1-22(2,3)25(15-26)21-9-8-19-18-7-6-16-14-17(29(27)28)10-12-23(16,4)20(18)11-13-24(19,21)5/h10,14-15,18-21,29H,6-9,11-13H2,1-5H3,(H,27,28)/t18-,19-,20-,21-,23-,24-/m0/s1. The van der Waals surface area contributed by atoms with Crippen molar-refractivity contribution < 1.29 is 14.3 Å². The second kappa shape index (κ2) is 7.09. The van der Waals surface area contributed by atoms with Crippen molar-refractivity contribution in [2.45, 2.75) is 91.1 Å². The van der Waals surface area contributed by atoms with Gasteiger partial charge in [-0.15, -0.1) is 0 Å². The number of carbonyl (C=O) groups excluding carboxylic acids is 1. The summed E-state index contributed by atoms with van der Waals surface area (Å²) in [7, 11) is -2.60. The molecular formula is C24H38NO3P. The van der Waals surface area contributed by atoms with Gasteiger partial charge in [-0.25, -0.2) is 0 Å². The monoisotopic (exact) mass is 419 g/mol. The third kappa shape index (κ3) is 3.21. The lowest BCUT2D eigenvalue weighted by molar-refractivity contribution is -0.132. The summed E-state index contributed by atoms with van der Waals surface area (Å²) in [6, 6.07) is 0.341. The van der Waals surface area contributed by atoms with Crippen LogP contribution in [0.3, 0.4) is 0 Å². The van der Waals surface area contributed by atoms with Crippen molar-refractivity contribution in [1.29, 1.82) is 0 Å². The maximum absolute atomic E-state index is 12.0. The first-order valence-corrected chi connectivity index (χ1v) is 12.8. The van der Waals surface area contributed by atoms with Crippen molar-refractivity contribution in [2.75, 3.05) is 0 Å². The smallest absolute Gasteiger partial charge is 0.217 e. The van der Waals surface area contributed by atoms with Gasteiger partial charge in [-0.1, -0.05) is 31.6 Å². The summed E-state index contributed by atoms with van der Waals surface area (Å²) in [4.78, 5) is 23.8. The highest BCUT2D eigenvalue weighted by atomic mass is 31.1. The van der Waals surface area contributed by atoms with Gasteiger partial charge in [0.2, 0.25) is 14.4 Å². The first kappa shape index (κ1) is 21.4. The number of carbonyl (C=O) groups is 1. The SMILES string of the molecule is CC(C)(C)N(C=O)[C@H]1CC[C@H]2[C@@H]3CCC4=CC([PH](=O)O)=CC[C@]4(C)[C@H]3CC[C@]12C. The minimum Gasteiger partial charge on any atom is -0.343 e. The highest BCUT2D eigenvalue weighted by molar-refractivity contribution is 7.43. The van der Waals surface area contributed by atoms with Crippen LogP contribution in [0.4, 0.5) is 0 Å². The Morgan fingerprint density at radius 1 is 1.17 bits per heavy atom. The van der Waals surface area contributed by atoms with Crippen LogP contribution in [0.1, 0.15) is 79.6 Å². The Balaban J connectivity index is 1.62. The van der Waals surface area contributed by atoms with E-state index < -0.39 is 8.03 Å². The molecule has 1 amide bonds. The zero-order valence-corrected chi connectivity index (χ0v) is 19.7. The molecule has 0 radical (unpaired) electrons. The van der Waals surface area contributed by atoms with Gasteiger partial charge in [0.1, 0.15) is 0 Å². The number of hydrogen-bond acceptors (Lipinski definition) is 2. The van der Waals surface area contributed by atoms with E-state index >= 15 is 0 Å². The molecule has 4 aliphatic carbocycles. The minimum absolute atomic E-state index is 0.136. The van der Waals surface area contributed by atoms with Crippen molar-refractivity contribution in [3.8, 4) is 0 Å². The molecule has 5 heteroatoms. The summed E-state index contributed by atoms with van der Waals surface area (Å²) in [5.74, 6) is 2.03. The predicted molar refractivity (Wildman–Crippen MR) is 118 cm³/mol. The molecule has 3 fully saturated rings. The third-order valence-corrected chi connectivity index (χ3v) is 10.1. The maximum Gasteiger partial charge on any atom is 0.217 e. The van der Waals surface area contributed by atoms with Gasteiger partial charge < -0.3 is 9.79 Å². The van der Waals surface area contributed by atoms with Gasteiger partial charge in [0.15, 0.2) is 0 Å². The lowest BCUT2D eigenvalue weighted by Gasteiger charge is -2.59. The fraction of sp³-hybridized carbons (Fsp3) is 0.792. The molecule has 0 aromatic rings. The average molecular weight is 420 g/mol. The summed E-state index contributed by atoms with van der Waals surface area (Å²) in [5.41, 5.74) is 1.62. The van der Waals surface area contributed by atoms with Crippen LogP contribution in [0.5, 0.6) is 0 Å². The van der Waals surface area contributed by atoms with Gasteiger partial charge in [0.25, 0.3) is 0 Å². The lowest BCUT2D eigenvalue weighted by Crippen LogP contribution is -2.57. The number of nitrogens with zero attached hydrogens (tertiary/aromatic N) is 1. The average Bonchev–Trinajstić information content (AvgIpc) is 2.97. The second-order valence-electron chi connectivity index (χ2n) is 11.5. The summed E-state index contributed by atoms with van der Waals surface area (Å²) in [6.45, 7) is 11.3. The Morgan fingerprint density at radius 3 is 2.52 bits per heavy atom. The molecule has 3 saturated carbocycles. The molecule has 1 N–H and O–H groups in total. The fourth-order valence-electron chi connectivity index (χ4n) is 7.69. The van der Waals surface area contributed by atoms with Gasteiger partial charge in [-0.3, -0.25) is 9.36 Å². The van der Waals surface area contributed by atoms with Gasteiger partial charge in [0.05, 0.1) is 0 Å². The Kier molecular flexibility index (Phi) is 5.23. The van der Waals surface area contributed by atoms with Gasteiger partial charge in [-0.05, 0) is 94.3 Å². The molecule has 4 rings (SSSR count). The molecule has 162 valence electrons. The van der Waals surface area contributed by atoms with E-state index in [1.165, 1.54) is 31.3 Å². The molecule has 0 spiro atoms. The molecule has 4 aliphatic rings. The number of fused-ring (bicyclic) bond motifs is 5. The number of allylic oxidation sites excluding steroid dienone is 4. The Morgan fingerprint density at radius 2 is 1.90 bits per heavy atom. The number of hydrogen-bond donors (Lipinski definition) is 1. The Bertz CT molecular complexity index is 781. The van der Waals surface area contributed by atoms with Crippen LogP contribution in [-0.2, 0) is 9.36 Å². The number of amides is 1. The maximum atomic E-state index is 12.0. The third-order valence-electron chi connectivity index (χ3n) is 9.23. The molecule has 0 saturated heterocycles. The molecule has 0 aromatic heterocycles. The van der Waals surface area contributed by atoms with Gasteiger partial charge in [0, 0.05) is 16.9 Å². The number of rotatable bonds is 3. The molecule has 0 heterocycles. The van der Waals surface area contributed by atoms with Crippen molar-refractivity contribution in [3.05, 3.63) is 23.0 Å². The van der Waals surface area contributed by atoms with Crippen LogP contribution in [0.2, 0.25) is 0 Å². The Hall–Kier alpha value is -0.860. The summed E-state index contributed by atoms with van der Waals surface area (Å²) in [5, 5.41) is 0.661. The van der Waals surface area contributed by atoms with E-state index in [0.29, 0.717) is 29.1 Å². The van der Waals surface area contributed by atoms with E-state index in [0.717, 1.165) is 25.7 Å². The molecular weight excluding hydrogens is 381 g/mol. The van der Waals surface area contributed by atoms with Gasteiger partial charge in [-0.2, -0.15) is 0 Å². The van der Waals surface area contributed by atoms with Crippen molar-refractivity contribution >= 4 is 14.4 Å². The summed E-state index contributed by atoms with van der Waals surface area (Å²) >= 11 is 0. The summed E-state index contributed by atoms with van der Waals surface area (Å²) < 4.78 is 11.7. The van der Waals surface area contributed by atoms with Crippen LogP contribution in [-0.4, -0.2) is 27.8 Å². The lowest BCUT2D eigenvalue weighted by atomic mass is 9.47. The molecule has 7 atom stereocenters. The molecule has 0 aliphatic heterocycles. The van der Waals surface area contributed by atoms with Crippen LogP contribution < -0.4 is 0 Å². The van der Waals surface area contributed by atoms with Crippen LogP contribution in [0, 0.1) is 28.6 Å². The largest absolute Gasteiger partial charge is 0.343 e. The molecule has 4 nitrogen and oxygen atoms in total. The first-order chi connectivity index (χ1) is 13.5. The quantitative estimate of drug-likeness (QED) is 0.483. The van der Waals surface area contributed by atoms with Crippen LogP contribution in [0.15, 0.2) is 23.0 Å². The van der Waals surface area contributed by atoms with Crippen LogP contribution in [0.25, 0.3) is 0 Å². The van der Waals surface area contributed by atoms with Crippen LogP contribution >= 0.6 is 8.03 Å². The molecule has 0 bridgehead atoms. The summed E-state index contributed by atoms with van der Waals surface area (Å²) in [6.07, 6.45) is 13.1. The highest BCUT2D eigenvalue weighted by Gasteiger charge is 2.60. The van der Waals surface area contributed by atoms with Crippen molar-refractivity contribution in [2.24, 2.45) is 28.6 Å². The minimum atomic E-state index is -2.60. The van der Waals surface area contributed by atoms with E-state index in [4.69, 9.17) is 0 Å². The highest BCUT2D eigenvalue weighted by Crippen LogP contribution is 2.66. The predicted octanol–water partition coefficient (Wildman–Crippen LogP) is 5.54. The zero-order valence-electron chi connectivity index (χ0n) is 18.7. The van der Waals surface area contributed by atoms with E-state index in [2.05, 4.69) is 45.6 Å². The Labute approximate surface area is 176 Å². The molecule has 1 unspecified atom stereocenters. The van der Waals surface area contributed by atoms with Gasteiger partial charge >= 0.3 is 0 Å². The van der Waals surface area contributed by atoms with E-state index in [-0.39, 0.29) is 16.4 Å². The van der Waals surface area contributed by atoms with Crippen molar-refractivity contribution in [1.82, 2.24) is 4.90 Å². The molecule has 29 heavy (non-hydrogen) atoms. The van der Waals surface area contributed by atoms with Crippen molar-refractivity contribution in [3.63, 3.8) is 0 Å². The first-order valence-electron chi connectivity index (χ1n) is 11.4.